The highest BCUT2D eigenvalue weighted by molar-refractivity contribution is 5.74. The van der Waals surface area contributed by atoms with Crippen LogP contribution >= 0.6 is 0 Å². The highest BCUT2D eigenvalue weighted by Crippen LogP contribution is 2.38. The largest absolute Gasteiger partial charge is 0.395 e. The molecule has 2 heterocycles. The number of hydrogen-bond acceptors (Lipinski definition) is 5. The smallest absolute Gasteiger partial charge is 0.224 e. The van der Waals surface area contributed by atoms with Crippen molar-refractivity contribution in [3.05, 3.63) is 59.9 Å². The van der Waals surface area contributed by atoms with Crippen LogP contribution in [0.25, 0.3) is 11.0 Å². The summed E-state index contributed by atoms with van der Waals surface area (Å²) in [7, 11) is 0. The molecule has 0 fully saturated rings. The van der Waals surface area contributed by atoms with E-state index in [4.69, 9.17) is 0 Å². The second-order valence-electron chi connectivity index (χ2n) is 6.06. The van der Waals surface area contributed by atoms with Gasteiger partial charge in [-0.15, -0.1) is 0 Å². The molecule has 2 aromatic heterocycles. The molecule has 2 N–H and O–H groups in total. The maximum atomic E-state index is 10.0. The predicted molar refractivity (Wildman–Crippen MR) is 89.3 cm³/mol. The molecule has 3 aromatic rings. The summed E-state index contributed by atoms with van der Waals surface area (Å²) < 4.78 is 0. The molecule has 0 spiro atoms. The number of nitrogens with zero attached hydrogens (tertiary/aromatic N) is 3. The van der Waals surface area contributed by atoms with Crippen molar-refractivity contribution in [2.24, 2.45) is 0 Å². The Bertz CT molecular complexity index is 851. The summed E-state index contributed by atoms with van der Waals surface area (Å²) in [5, 5.41) is 14.2. The Labute approximate surface area is 134 Å². The quantitative estimate of drug-likeness (QED) is 0.774. The highest BCUT2D eigenvalue weighted by atomic mass is 16.3. The number of aliphatic hydroxyl groups is 1. The number of aromatic nitrogens is 3. The van der Waals surface area contributed by atoms with Gasteiger partial charge in [0.05, 0.1) is 6.61 Å². The van der Waals surface area contributed by atoms with Gasteiger partial charge in [0.2, 0.25) is 5.95 Å². The molecule has 1 unspecified atom stereocenters. The van der Waals surface area contributed by atoms with E-state index in [2.05, 4.69) is 38.5 Å². The van der Waals surface area contributed by atoms with Crippen molar-refractivity contribution >= 4 is 17.0 Å². The molecule has 1 aliphatic carbocycles. The van der Waals surface area contributed by atoms with Crippen LogP contribution in [0.5, 0.6) is 0 Å². The average Bonchev–Trinajstić information content (AvgIpc) is 2.99. The lowest BCUT2D eigenvalue weighted by Crippen LogP contribution is -2.36. The minimum Gasteiger partial charge on any atom is -0.395 e. The number of nitrogens with one attached hydrogen (secondary N) is 1. The molecule has 0 radical (unpaired) electrons. The molecule has 1 aromatic carbocycles. The zero-order valence-electron chi connectivity index (χ0n) is 12.7. The third-order valence-electron chi connectivity index (χ3n) is 4.70. The number of pyridine rings is 1. The van der Waals surface area contributed by atoms with E-state index < -0.39 is 0 Å². The molecular formula is C18H18N4O. The Hall–Kier alpha value is -2.53. The van der Waals surface area contributed by atoms with E-state index in [1.807, 2.05) is 18.2 Å². The molecule has 1 aliphatic rings. The number of anilines is 1. The summed E-state index contributed by atoms with van der Waals surface area (Å²) in [6.45, 7) is 0.724. The maximum Gasteiger partial charge on any atom is 0.224 e. The van der Waals surface area contributed by atoms with E-state index >= 15 is 0 Å². The van der Waals surface area contributed by atoms with Crippen molar-refractivity contribution in [1.82, 2.24) is 15.0 Å². The van der Waals surface area contributed by atoms with Crippen LogP contribution in [0, 0.1) is 0 Å². The summed E-state index contributed by atoms with van der Waals surface area (Å²) in [6.07, 6.45) is 5.42. The molecule has 4 rings (SSSR count). The summed E-state index contributed by atoms with van der Waals surface area (Å²) in [4.78, 5) is 13.0. The zero-order valence-corrected chi connectivity index (χ0v) is 12.7. The number of aliphatic hydroxyl groups excluding tert-OH is 1. The van der Waals surface area contributed by atoms with E-state index in [1.54, 1.807) is 12.4 Å². The normalized spacial score (nSPS) is 19.7. The van der Waals surface area contributed by atoms with Crippen LogP contribution in [0.2, 0.25) is 0 Å². The fourth-order valence-corrected chi connectivity index (χ4v) is 3.36. The fraction of sp³-hybridized carbons (Fsp3) is 0.278. The van der Waals surface area contributed by atoms with Gasteiger partial charge in [0.25, 0.3) is 0 Å². The summed E-state index contributed by atoms with van der Waals surface area (Å²) in [5.74, 6) is 0.549. The van der Waals surface area contributed by atoms with Crippen molar-refractivity contribution in [3.8, 4) is 0 Å². The van der Waals surface area contributed by atoms with Gasteiger partial charge in [0.15, 0.2) is 5.65 Å². The van der Waals surface area contributed by atoms with Crippen LogP contribution in [-0.4, -0.2) is 33.2 Å². The zero-order chi connectivity index (χ0) is 15.7. The van der Waals surface area contributed by atoms with Gasteiger partial charge in [0.1, 0.15) is 0 Å². The SMILES string of the molecule is OCC1(CNc2ncc3cccnc3n2)CCc2ccccc21. The van der Waals surface area contributed by atoms with Crippen molar-refractivity contribution in [1.29, 1.82) is 0 Å². The highest BCUT2D eigenvalue weighted by Gasteiger charge is 2.38. The fourth-order valence-electron chi connectivity index (χ4n) is 3.36. The Morgan fingerprint density at radius 1 is 1.13 bits per heavy atom. The van der Waals surface area contributed by atoms with Gasteiger partial charge >= 0.3 is 0 Å². The second kappa shape index (κ2) is 5.59. The third-order valence-corrected chi connectivity index (χ3v) is 4.70. The number of hydrogen-bond donors (Lipinski definition) is 2. The first-order valence-electron chi connectivity index (χ1n) is 7.82. The molecule has 116 valence electrons. The van der Waals surface area contributed by atoms with E-state index in [1.165, 1.54) is 11.1 Å². The van der Waals surface area contributed by atoms with Crippen LogP contribution < -0.4 is 5.32 Å². The number of rotatable bonds is 4. The van der Waals surface area contributed by atoms with Crippen LogP contribution in [0.4, 0.5) is 5.95 Å². The predicted octanol–water partition coefficient (Wildman–Crippen LogP) is 2.31. The van der Waals surface area contributed by atoms with Gasteiger partial charge in [-0.1, -0.05) is 24.3 Å². The summed E-state index contributed by atoms with van der Waals surface area (Å²) in [6, 6.07) is 12.2. The first-order valence-corrected chi connectivity index (χ1v) is 7.82. The number of aryl methyl sites for hydroxylation is 1. The molecule has 0 saturated heterocycles. The standard InChI is InChI=1S/C18H18N4O/c23-12-18(8-7-13-4-1-2-6-15(13)18)11-21-17-20-10-14-5-3-9-19-16(14)22-17/h1-6,9-10,23H,7-8,11-12H2,(H,19,20,21,22). The molecule has 0 aliphatic heterocycles. The van der Waals surface area contributed by atoms with Crippen LogP contribution in [-0.2, 0) is 11.8 Å². The van der Waals surface area contributed by atoms with E-state index in [0.717, 1.165) is 18.2 Å². The minimum absolute atomic E-state index is 0.114. The van der Waals surface area contributed by atoms with Gasteiger partial charge in [-0.05, 0) is 36.1 Å². The molecular weight excluding hydrogens is 288 g/mol. The molecule has 0 saturated carbocycles. The lowest BCUT2D eigenvalue weighted by Gasteiger charge is -2.28. The van der Waals surface area contributed by atoms with E-state index in [0.29, 0.717) is 18.1 Å². The van der Waals surface area contributed by atoms with Crippen molar-refractivity contribution in [2.75, 3.05) is 18.5 Å². The molecule has 0 amide bonds. The van der Waals surface area contributed by atoms with E-state index in [9.17, 15) is 5.11 Å². The lowest BCUT2D eigenvalue weighted by molar-refractivity contribution is 0.200. The van der Waals surface area contributed by atoms with Gasteiger partial charge in [0, 0.05) is 29.7 Å². The van der Waals surface area contributed by atoms with Crippen LogP contribution in [0.3, 0.4) is 0 Å². The first kappa shape index (κ1) is 14.1. The second-order valence-corrected chi connectivity index (χ2v) is 6.06. The Balaban J connectivity index is 1.59. The average molecular weight is 306 g/mol. The van der Waals surface area contributed by atoms with Gasteiger partial charge in [-0.25, -0.2) is 9.97 Å². The number of fused-ring (bicyclic) bond motifs is 2. The molecule has 1 atom stereocenters. The van der Waals surface area contributed by atoms with E-state index in [-0.39, 0.29) is 12.0 Å². The molecule has 5 nitrogen and oxygen atoms in total. The Kier molecular flexibility index (Phi) is 3.42. The third kappa shape index (κ3) is 2.43. The topological polar surface area (TPSA) is 70.9 Å². The maximum absolute atomic E-state index is 10.0. The van der Waals surface area contributed by atoms with Crippen molar-refractivity contribution < 1.29 is 5.11 Å². The Morgan fingerprint density at radius 2 is 2.04 bits per heavy atom. The minimum atomic E-state index is -0.265. The molecule has 23 heavy (non-hydrogen) atoms. The van der Waals surface area contributed by atoms with Crippen molar-refractivity contribution in [2.45, 2.75) is 18.3 Å². The van der Waals surface area contributed by atoms with Crippen molar-refractivity contribution in [3.63, 3.8) is 0 Å². The Morgan fingerprint density at radius 3 is 2.96 bits per heavy atom. The monoisotopic (exact) mass is 306 g/mol. The van der Waals surface area contributed by atoms with Gasteiger partial charge in [-0.3, -0.25) is 0 Å². The number of benzene rings is 1. The molecule has 0 bridgehead atoms. The van der Waals surface area contributed by atoms with Crippen LogP contribution in [0.15, 0.2) is 48.8 Å². The first-order chi connectivity index (χ1) is 11.3. The van der Waals surface area contributed by atoms with Gasteiger partial charge < -0.3 is 10.4 Å². The summed E-state index contributed by atoms with van der Waals surface area (Å²) in [5.41, 5.74) is 2.96. The lowest BCUT2D eigenvalue weighted by atomic mass is 9.82. The molecule has 5 heteroatoms. The summed E-state index contributed by atoms with van der Waals surface area (Å²) >= 11 is 0. The van der Waals surface area contributed by atoms with Crippen LogP contribution in [0.1, 0.15) is 17.5 Å². The van der Waals surface area contributed by atoms with Gasteiger partial charge in [-0.2, -0.15) is 4.98 Å².